The van der Waals surface area contributed by atoms with E-state index in [0.29, 0.717) is 13.2 Å². The lowest BCUT2D eigenvalue weighted by Gasteiger charge is -2.38. The molecule has 2 atom stereocenters. The number of aromatic amines is 1. The molecule has 1 aliphatic rings. The number of nitrogens with one attached hydrogen (secondary N) is 1. The van der Waals surface area contributed by atoms with Crippen molar-refractivity contribution in [2.45, 2.75) is 38.7 Å². The fraction of sp³-hybridized carbons (Fsp3) is 0.625. The standard InChI is InChI=1S/C16H25N3O2/c1-3-7-15(21-11-10-20-2)16(8-5-4-6-9-16)12-14-13-17-19-18-14/h4-6,8,13,15H,3,7,9-12H2,1-2H3,(H,17,18,19). The summed E-state index contributed by atoms with van der Waals surface area (Å²) in [6.45, 7) is 3.44. The van der Waals surface area contributed by atoms with Gasteiger partial charge in [0.2, 0.25) is 0 Å². The molecule has 0 amide bonds. The van der Waals surface area contributed by atoms with Crippen LogP contribution < -0.4 is 0 Å². The highest BCUT2D eigenvalue weighted by atomic mass is 16.5. The van der Waals surface area contributed by atoms with Gasteiger partial charge in [-0.05, 0) is 12.8 Å². The van der Waals surface area contributed by atoms with E-state index >= 15 is 0 Å². The summed E-state index contributed by atoms with van der Waals surface area (Å²) in [6, 6.07) is 0. The van der Waals surface area contributed by atoms with E-state index in [1.165, 1.54) is 0 Å². The van der Waals surface area contributed by atoms with E-state index in [9.17, 15) is 0 Å². The van der Waals surface area contributed by atoms with E-state index in [0.717, 1.165) is 31.4 Å². The number of rotatable bonds is 9. The van der Waals surface area contributed by atoms with Crippen LogP contribution in [0, 0.1) is 5.41 Å². The van der Waals surface area contributed by atoms with Gasteiger partial charge in [0, 0.05) is 18.9 Å². The number of H-pyrrole nitrogens is 1. The van der Waals surface area contributed by atoms with E-state index in [4.69, 9.17) is 9.47 Å². The van der Waals surface area contributed by atoms with Gasteiger partial charge in [-0.25, -0.2) is 0 Å². The predicted molar refractivity (Wildman–Crippen MR) is 81.9 cm³/mol. The molecule has 1 aromatic heterocycles. The van der Waals surface area contributed by atoms with Crippen LogP contribution in [0.2, 0.25) is 0 Å². The maximum Gasteiger partial charge on any atom is 0.0834 e. The fourth-order valence-corrected chi connectivity index (χ4v) is 2.89. The van der Waals surface area contributed by atoms with Gasteiger partial charge in [-0.3, -0.25) is 0 Å². The number of aromatic nitrogens is 3. The minimum Gasteiger partial charge on any atom is -0.382 e. The zero-order valence-electron chi connectivity index (χ0n) is 12.9. The lowest BCUT2D eigenvalue weighted by Crippen LogP contribution is -2.39. The van der Waals surface area contributed by atoms with Gasteiger partial charge in [-0.2, -0.15) is 15.4 Å². The highest BCUT2D eigenvalue weighted by Gasteiger charge is 2.37. The molecule has 116 valence electrons. The number of hydrogen-bond donors (Lipinski definition) is 1. The first-order chi connectivity index (χ1) is 10.3. The lowest BCUT2D eigenvalue weighted by atomic mass is 9.72. The van der Waals surface area contributed by atoms with Crippen molar-refractivity contribution in [1.29, 1.82) is 0 Å². The van der Waals surface area contributed by atoms with Gasteiger partial charge in [-0.1, -0.05) is 37.6 Å². The zero-order chi connectivity index (χ0) is 15.0. The smallest absolute Gasteiger partial charge is 0.0834 e. The number of allylic oxidation sites excluding steroid dienone is 3. The Bertz CT molecular complexity index is 456. The molecule has 0 fully saturated rings. The third-order valence-electron chi connectivity index (χ3n) is 3.95. The molecule has 5 nitrogen and oxygen atoms in total. The molecule has 0 aromatic carbocycles. The van der Waals surface area contributed by atoms with E-state index in [2.05, 4.69) is 46.6 Å². The van der Waals surface area contributed by atoms with Crippen LogP contribution in [-0.4, -0.2) is 41.8 Å². The Morgan fingerprint density at radius 1 is 1.38 bits per heavy atom. The maximum absolute atomic E-state index is 6.15. The van der Waals surface area contributed by atoms with Crippen LogP contribution in [0.5, 0.6) is 0 Å². The largest absolute Gasteiger partial charge is 0.382 e. The number of hydrogen-bond acceptors (Lipinski definition) is 4. The molecule has 21 heavy (non-hydrogen) atoms. The van der Waals surface area contributed by atoms with Crippen molar-refractivity contribution in [3.63, 3.8) is 0 Å². The van der Waals surface area contributed by atoms with Crippen molar-refractivity contribution in [3.05, 3.63) is 36.2 Å². The molecule has 1 heterocycles. The Labute approximate surface area is 126 Å². The first kappa shape index (κ1) is 15.9. The fourth-order valence-electron chi connectivity index (χ4n) is 2.89. The molecule has 0 spiro atoms. The predicted octanol–water partition coefficient (Wildman–Crippen LogP) is 2.68. The molecule has 0 aliphatic heterocycles. The minimum absolute atomic E-state index is 0.0463. The van der Waals surface area contributed by atoms with Crippen LogP contribution in [0.3, 0.4) is 0 Å². The van der Waals surface area contributed by atoms with Crippen molar-refractivity contribution < 1.29 is 9.47 Å². The molecule has 2 unspecified atom stereocenters. The first-order valence-corrected chi connectivity index (χ1v) is 7.60. The van der Waals surface area contributed by atoms with Crippen LogP contribution in [0.15, 0.2) is 30.5 Å². The van der Waals surface area contributed by atoms with Crippen molar-refractivity contribution in [2.75, 3.05) is 20.3 Å². The van der Waals surface area contributed by atoms with Gasteiger partial charge in [0.05, 0.1) is 31.2 Å². The third kappa shape index (κ3) is 4.25. The minimum atomic E-state index is -0.0463. The summed E-state index contributed by atoms with van der Waals surface area (Å²) in [5.41, 5.74) is 0.932. The number of ether oxygens (including phenoxy) is 2. The molecule has 1 N–H and O–H groups in total. The first-order valence-electron chi connectivity index (χ1n) is 7.60. The van der Waals surface area contributed by atoms with Crippen molar-refractivity contribution in [2.24, 2.45) is 5.41 Å². The Balaban J connectivity index is 2.14. The summed E-state index contributed by atoms with van der Waals surface area (Å²) in [5.74, 6) is 0. The maximum atomic E-state index is 6.15. The summed E-state index contributed by atoms with van der Waals surface area (Å²) >= 11 is 0. The Morgan fingerprint density at radius 2 is 2.29 bits per heavy atom. The molecule has 1 aliphatic carbocycles. The molecule has 0 bridgehead atoms. The second-order valence-electron chi connectivity index (χ2n) is 5.50. The molecular weight excluding hydrogens is 266 g/mol. The topological polar surface area (TPSA) is 60.0 Å². The van der Waals surface area contributed by atoms with Gasteiger partial charge in [0.15, 0.2) is 0 Å². The van der Waals surface area contributed by atoms with Crippen LogP contribution in [0.25, 0.3) is 0 Å². The summed E-state index contributed by atoms with van der Waals surface area (Å²) in [5, 5.41) is 10.8. The summed E-state index contributed by atoms with van der Waals surface area (Å²) in [4.78, 5) is 0. The SMILES string of the molecule is CCCC(OCCOC)C1(Cc2cn[nH]n2)C=CC=CC1. The summed E-state index contributed by atoms with van der Waals surface area (Å²) < 4.78 is 11.3. The van der Waals surface area contributed by atoms with Gasteiger partial charge in [0.1, 0.15) is 0 Å². The highest BCUT2D eigenvalue weighted by Crippen LogP contribution is 2.38. The molecular formula is C16H25N3O2. The molecule has 0 saturated carbocycles. The number of nitrogens with zero attached hydrogens (tertiary/aromatic N) is 2. The second-order valence-corrected chi connectivity index (χ2v) is 5.50. The van der Waals surface area contributed by atoms with E-state index in [-0.39, 0.29) is 11.5 Å². The molecule has 0 saturated heterocycles. The van der Waals surface area contributed by atoms with Crippen LogP contribution >= 0.6 is 0 Å². The van der Waals surface area contributed by atoms with Crippen LogP contribution in [-0.2, 0) is 15.9 Å². The quantitative estimate of drug-likeness (QED) is 0.711. The number of methoxy groups -OCH3 is 1. The zero-order valence-corrected chi connectivity index (χ0v) is 12.9. The lowest BCUT2D eigenvalue weighted by molar-refractivity contribution is -0.0433. The van der Waals surface area contributed by atoms with Crippen LogP contribution in [0.1, 0.15) is 31.9 Å². The highest BCUT2D eigenvalue weighted by molar-refractivity contribution is 5.21. The van der Waals surface area contributed by atoms with Crippen molar-refractivity contribution >= 4 is 0 Å². The van der Waals surface area contributed by atoms with E-state index in [1.807, 2.05) is 0 Å². The molecule has 0 radical (unpaired) electrons. The third-order valence-corrected chi connectivity index (χ3v) is 3.95. The molecule has 2 rings (SSSR count). The van der Waals surface area contributed by atoms with Gasteiger partial charge in [0.25, 0.3) is 0 Å². The average molecular weight is 291 g/mol. The Morgan fingerprint density at radius 3 is 2.90 bits per heavy atom. The van der Waals surface area contributed by atoms with Gasteiger partial charge >= 0.3 is 0 Å². The van der Waals surface area contributed by atoms with Gasteiger partial charge < -0.3 is 9.47 Å². The second kappa shape index (κ2) is 8.10. The Hall–Kier alpha value is -1.46. The van der Waals surface area contributed by atoms with Crippen LogP contribution in [0.4, 0.5) is 0 Å². The summed E-state index contributed by atoms with van der Waals surface area (Å²) in [6.07, 6.45) is 14.6. The average Bonchev–Trinajstić information content (AvgIpc) is 3.00. The van der Waals surface area contributed by atoms with Gasteiger partial charge in [-0.15, -0.1) is 0 Å². The molecule has 1 aromatic rings. The van der Waals surface area contributed by atoms with E-state index in [1.54, 1.807) is 13.3 Å². The van der Waals surface area contributed by atoms with Crippen molar-refractivity contribution in [3.8, 4) is 0 Å². The summed E-state index contributed by atoms with van der Waals surface area (Å²) in [7, 11) is 1.70. The Kier molecular flexibility index (Phi) is 6.14. The van der Waals surface area contributed by atoms with Crippen molar-refractivity contribution in [1.82, 2.24) is 15.4 Å². The normalized spacial score (nSPS) is 22.6. The molecule has 5 heteroatoms. The monoisotopic (exact) mass is 291 g/mol. The van der Waals surface area contributed by atoms with E-state index < -0.39 is 0 Å².